The Bertz CT molecular complexity index is 1190. The number of likely N-dealkylation sites (N-methyl/N-ethyl adjacent to an activating group) is 1. The van der Waals surface area contributed by atoms with Gasteiger partial charge < -0.3 is 9.64 Å². The average molecular weight is 445 g/mol. The molecule has 4 rings (SSSR count). The van der Waals surface area contributed by atoms with E-state index in [1.165, 1.54) is 24.3 Å². The Hall–Kier alpha value is -3.93. The monoisotopic (exact) mass is 444 g/mol. The van der Waals surface area contributed by atoms with Crippen molar-refractivity contribution in [2.45, 2.75) is 26.5 Å². The minimum atomic E-state index is -0.445. The maximum absolute atomic E-state index is 13.6. The maximum Gasteiger partial charge on any atom is 0.282 e. The first-order valence-corrected chi connectivity index (χ1v) is 10.8. The lowest BCUT2D eigenvalue weighted by atomic mass is 10.0. The van der Waals surface area contributed by atoms with E-state index in [2.05, 4.69) is 0 Å². The molecule has 0 saturated heterocycles. The molecule has 1 aliphatic heterocycles. The van der Waals surface area contributed by atoms with Gasteiger partial charge in [0.25, 0.3) is 11.8 Å². The fourth-order valence-corrected chi connectivity index (χ4v) is 3.87. The van der Waals surface area contributed by atoms with Gasteiger partial charge in [-0.05, 0) is 61.4 Å². The molecule has 168 valence electrons. The highest BCUT2D eigenvalue weighted by molar-refractivity contribution is 6.45. The first-order chi connectivity index (χ1) is 15.8. The molecule has 5 nitrogen and oxygen atoms in total. The molecule has 0 spiro atoms. The predicted octanol–water partition coefficient (Wildman–Crippen LogP) is 5.03. The van der Waals surface area contributed by atoms with Crippen molar-refractivity contribution in [1.82, 2.24) is 4.90 Å². The van der Waals surface area contributed by atoms with Gasteiger partial charge in [-0.25, -0.2) is 9.29 Å². The SMILES string of the molecule is CC(C)Oc1ccc(N2C(=O)C(c3ccc(F)cc3)=C(N(C)Cc3ccccc3)C2=O)cc1. The molecule has 1 heterocycles. The highest BCUT2D eigenvalue weighted by Crippen LogP contribution is 2.35. The zero-order valence-corrected chi connectivity index (χ0v) is 18.8. The highest BCUT2D eigenvalue weighted by atomic mass is 19.1. The van der Waals surface area contributed by atoms with Crippen molar-refractivity contribution < 1.29 is 18.7 Å². The molecular formula is C27H25FN2O3. The predicted molar refractivity (Wildman–Crippen MR) is 126 cm³/mol. The van der Waals surface area contributed by atoms with Gasteiger partial charge in [0.2, 0.25) is 0 Å². The third-order valence-electron chi connectivity index (χ3n) is 5.30. The normalized spacial score (nSPS) is 13.8. The zero-order chi connectivity index (χ0) is 23.5. The molecule has 1 aliphatic rings. The second kappa shape index (κ2) is 9.28. The summed E-state index contributed by atoms with van der Waals surface area (Å²) in [4.78, 5) is 30.0. The minimum Gasteiger partial charge on any atom is -0.491 e. The largest absolute Gasteiger partial charge is 0.491 e. The van der Waals surface area contributed by atoms with E-state index in [1.807, 2.05) is 44.2 Å². The summed E-state index contributed by atoms with van der Waals surface area (Å²) in [6.45, 7) is 4.29. The molecule has 0 bridgehead atoms. The lowest BCUT2D eigenvalue weighted by molar-refractivity contribution is -0.120. The molecule has 2 amide bonds. The van der Waals surface area contributed by atoms with E-state index in [0.29, 0.717) is 23.5 Å². The van der Waals surface area contributed by atoms with Crippen LogP contribution in [0.2, 0.25) is 0 Å². The quantitative estimate of drug-likeness (QED) is 0.480. The van der Waals surface area contributed by atoms with Crippen LogP contribution < -0.4 is 9.64 Å². The first kappa shape index (κ1) is 22.3. The van der Waals surface area contributed by atoms with Crippen LogP contribution in [-0.2, 0) is 16.1 Å². The summed E-state index contributed by atoms with van der Waals surface area (Å²) in [6.07, 6.45) is 0.0101. The molecule has 0 aliphatic carbocycles. The van der Waals surface area contributed by atoms with Crippen molar-refractivity contribution >= 4 is 23.1 Å². The Morgan fingerprint density at radius 1 is 0.879 bits per heavy atom. The second-order valence-electron chi connectivity index (χ2n) is 8.18. The van der Waals surface area contributed by atoms with E-state index < -0.39 is 17.6 Å². The van der Waals surface area contributed by atoms with Gasteiger partial charge in [-0.3, -0.25) is 9.59 Å². The van der Waals surface area contributed by atoms with Crippen LogP contribution in [0.15, 0.2) is 84.6 Å². The molecule has 6 heteroatoms. The molecule has 0 N–H and O–H groups in total. The molecule has 0 radical (unpaired) electrons. The summed E-state index contributed by atoms with van der Waals surface area (Å²) < 4.78 is 19.2. The Morgan fingerprint density at radius 3 is 2.12 bits per heavy atom. The van der Waals surface area contributed by atoms with Crippen LogP contribution in [0.4, 0.5) is 10.1 Å². The van der Waals surface area contributed by atoms with E-state index in [0.717, 1.165) is 10.5 Å². The number of nitrogens with zero attached hydrogens (tertiary/aromatic N) is 2. The molecule has 0 aromatic heterocycles. The maximum atomic E-state index is 13.6. The number of benzene rings is 3. The summed E-state index contributed by atoms with van der Waals surface area (Å²) >= 11 is 0. The van der Waals surface area contributed by atoms with Crippen LogP contribution in [0.3, 0.4) is 0 Å². The number of ether oxygens (including phenoxy) is 1. The van der Waals surface area contributed by atoms with E-state index in [1.54, 1.807) is 36.2 Å². The number of imide groups is 1. The number of rotatable bonds is 7. The number of anilines is 1. The average Bonchev–Trinajstić information content (AvgIpc) is 3.05. The molecule has 0 unspecified atom stereocenters. The van der Waals surface area contributed by atoms with Gasteiger partial charge in [-0.15, -0.1) is 0 Å². The smallest absolute Gasteiger partial charge is 0.282 e. The topological polar surface area (TPSA) is 49.9 Å². The Kier molecular flexibility index (Phi) is 6.27. The van der Waals surface area contributed by atoms with E-state index in [9.17, 15) is 14.0 Å². The first-order valence-electron chi connectivity index (χ1n) is 10.8. The standard InChI is InChI=1S/C27H25FN2O3/c1-18(2)33-23-15-13-22(14-16-23)30-26(31)24(20-9-11-21(28)12-10-20)25(27(30)32)29(3)17-19-7-5-4-6-8-19/h4-16,18H,17H2,1-3H3. The molecule has 33 heavy (non-hydrogen) atoms. The van der Waals surface area contributed by atoms with Crippen molar-refractivity contribution in [2.24, 2.45) is 0 Å². The van der Waals surface area contributed by atoms with Gasteiger partial charge in [0.15, 0.2) is 0 Å². The van der Waals surface area contributed by atoms with Crippen LogP contribution in [0.5, 0.6) is 5.75 Å². The third-order valence-corrected chi connectivity index (χ3v) is 5.30. The van der Waals surface area contributed by atoms with Gasteiger partial charge >= 0.3 is 0 Å². The molecule has 0 atom stereocenters. The lowest BCUT2D eigenvalue weighted by Gasteiger charge is -2.22. The van der Waals surface area contributed by atoms with E-state index in [-0.39, 0.29) is 17.4 Å². The number of hydrogen-bond acceptors (Lipinski definition) is 4. The zero-order valence-electron chi connectivity index (χ0n) is 18.8. The Balaban J connectivity index is 1.73. The second-order valence-corrected chi connectivity index (χ2v) is 8.18. The van der Waals surface area contributed by atoms with Crippen molar-refractivity contribution in [1.29, 1.82) is 0 Å². The van der Waals surface area contributed by atoms with Crippen LogP contribution >= 0.6 is 0 Å². The summed E-state index contributed by atoms with van der Waals surface area (Å²) in [5, 5.41) is 0. The third kappa shape index (κ3) is 4.65. The fourth-order valence-electron chi connectivity index (χ4n) is 3.87. The van der Waals surface area contributed by atoms with Crippen molar-refractivity contribution in [3.63, 3.8) is 0 Å². The van der Waals surface area contributed by atoms with E-state index in [4.69, 9.17) is 4.74 Å². The van der Waals surface area contributed by atoms with Gasteiger partial charge in [-0.2, -0.15) is 0 Å². The molecule has 0 saturated carbocycles. The molecule has 0 fully saturated rings. The Labute approximate surface area is 192 Å². The van der Waals surface area contributed by atoms with Crippen LogP contribution in [0.25, 0.3) is 5.57 Å². The Morgan fingerprint density at radius 2 is 1.52 bits per heavy atom. The summed E-state index contributed by atoms with van der Waals surface area (Å²) in [7, 11) is 1.78. The van der Waals surface area contributed by atoms with Crippen LogP contribution in [0.1, 0.15) is 25.0 Å². The summed E-state index contributed by atoms with van der Waals surface area (Å²) in [6, 6.07) is 22.2. The van der Waals surface area contributed by atoms with Gasteiger partial charge in [0.1, 0.15) is 17.3 Å². The van der Waals surface area contributed by atoms with Gasteiger partial charge in [-0.1, -0.05) is 42.5 Å². The number of carbonyl (C=O) groups excluding carboxylic acids is 2. The highest BCUT2D eigenvalue weighted by Gasteiger charge is 2.41. The van der Waals surface area contributed by atoms with Crippen molar-refractivity contribution in [2.75, 3.05) is 11.9 Å². The van der Waals surface area contributed by atoms with Crippen molar-refractivity contribution in [3.05, 3.63) is 102 Å². The molecular weight excluding hydrogens is 419 g/mol. The van der Waals surface area contributed by atoms with Gasteiger partial charge in [0, 0.05) is 13.6 Å². The fraction of sp³-hybridized carbons (Fsp3) is 0.185. The molecule has 3 aromatic carbocycles. The number of hydrogen-bond donors (Lipinski definition) is 0. The minimum absolute atomic E-state index is 0.0101. The summed E-state index contributed by atoms with van der Waals surface area (Å²) in [5.74, 6) is -0.622. The molecule has 3 aromatic rings. The number of halogens is 1. The van der Waals surface area contributed by atoms with Crippen molar-refractivity contribution in [3.8, 4) is 5.75 Å². The number of carbonyl (C=O) groups is 2. The summed E-state index contributed by atoms with van der Waals surface area (Å²) in [5.41, 5.74) is 2.47. The van der Waals surface area contributed by atoms with Crippen LogP contribution in [-0.4, -0.2) is 29.9 Å². The van der Waals surface area contributed by atoms with Gasteiger partial charge in [0.05, 0.1) is 17.4 Å². The van der Waals surface area contributed by atoms with Crippen LogP contribution in [0, 0.1) is 5.82 Å². The lowest BCUT2D eigenvalue weighted by Crippen LogP contribution is -2.34. The number of amides is 2. The van der Waals surface area contributed by atoms with E-state index >= 15 is 0 Å².